The number of piperidine rings is 1. The van der Waals surface area contributed by atoms with Gasteiger partial charge in [0.2, 0.25) is 0 Å². The summed E-state index contributed by atoms with van der Waals surface area (Å²) >= 11 is 0. The van der Waals surface area contributed by atoms with Crippen LogP contribution in [0.5, 0.6) is 0 Å². The third-order valence-electron chi connectivity index (χ3n) is 6.16. The summed E-state index contributed by atoms with van der Waals surface area (Å²) in [4.78, 5) is 30.5. The molecule has 148 valence electrons. The van der Waals surface area contributed by atoms with Gasteiger partial charge in [-0.05, 0) is 74.4 Å². The van der Waals surface area contributed by atoms with Gasteiger partial charge in [0.1, 0.15) is 5.56 Å². The fourth-order valence-corrected chi connectivity index (χ4v) is 4.39. The van der Waals surface area contributed by atoms with Crippen molar-refractivity contribution in [1.82, 2.24) is 15.2 Å². The molecule has 1 aliphatic carbocycles. The molecule has 0 spiro atoms. The number of nitrogens with zero attached hydrogens (tertiary/aromatic N) is 1. The number of hydrogen-bond donors (Lipinski definition) is 2. The number of fused-ring (bicyclic) bond motifs is 1. The Balaban J connectivity index is 1.43. The van der Waals surface area contributed by atoms with E-state index in [1.165, 1.54) is 24.0 Å². The van der Waals surface area contributed by atoms with Crippen molar-refractivity contribution in [2.45, 2.75) is 51.6 Å². The molecule has 0 bridgehead atoms. The van der Waals surface area contributed by atoms with E-state index in [4.69, 9.17) is 0 Å². The predicted molar refractivity (Wildman–Crippen MR) is 110 cm³/mol. The van der Waals surface area contributed by atoms with Gasteiger partial charge >= 0.3 is 0 Å². The molecule has 4 rings (SSSR count). The number of carbonyl (C=O) groups is 1. The minimum absolute atomic E-state index is 0.0214. The second-order valence-corrected chi connectivity index (χ2v) is 8.30. The average molecular weight is 380 g/mol. The average Bonchev–Trinajstić information content (AvgIpc) is 2.70. The molecule has 5 nitrogen and oxygen atoms in total. The monoisotopic (exact) mass is 379 g/mol. The van der Waals surface area contributed by atoms with E-state index in [-0.39, 0.29) is 23.1 Å². The molecule has 2 aliphatic rings. The van der Waals surface area contributed by atoms with Gasteiger partial charge in [0, 0.05) is 12.2 Å². The quantitative estimate of drug-likeness (QED) is 0.856. The molecular weight excluding hydrogens is 350 g/mol. The molecule has 1 aromatic heterocycles. The third kappa shape index (κ3) is 4.20. The van der Waals surface area contributed by atoms with Gasteiger partial charge in [-0.25, -0.2) is 0 Å². The highest BCUT2D eigenvalue weighted by atomic mass is 16.2. The molecule has 1 aliphatic heterocycles. The Morgan fingerprint density at radius 1 is 1.14 bits per heavy atom. The number of aromatic amines is 1. The van der Waals surface area contributed by atoms with Crippen LogP contribution in [0.3, 0.4) is 0 Å². The first-order valence-corrected chi connectivity index (χ1v) is 10.4. The Labute approximate surface area is 166 Å². The van der Waals surface area contributed by atoms with Gasteiger partial charge in [0.25, 0.3) is 11.5 Å². The maximum absolute atomic E-state index is 12.7. The van der Waals surface area contributed by atoms with Crippen LogP contribution in [-0.2, 0) is 13.0 Å². The molecule has 1 saturated heterocycles. The summed E-state index contributed by atoms with van der Waals surface area (Å²) in [6.07, 6.45) is 5.41. The fraction of sp³-hybridized carbons (Fsp3) is 0.478. The van der Waals surface area contributed by atoms with E-state index in [1.807, 2.05) is 18.2 Å². The number of H-pyrrole nitrogens is 1. The van der Waals surface area contributed by atoms with Crippen LogP contribution in [0.1, 0.15) is 65.8 Å². The molecule has 1 amide bonds. The van der Waals surface area contributed by atoms with E-state index in [1.54, 1.807) is 6.07 Å². The van der Waals surface area contributed by atoms with Crippen LogP contribution < -0.4 is 10.9 Å². The molecular formula is C23H29N3O2. The highest BCUT2D eigenvalue weighted by Crippen LogP contribution is 2.29. The summed E-state index contributed by atoms with van der Waals surface area (Å²) in [6, 6.07) is 11.8. The van der Waals surface area contributed by atoms with Crippen LogP contribution in [0, 0.1) is 5.92 Å². The summed E-state index contributed by atoms with van der Waals surface area (Å²) in [5.41, 5.74) is 3.23. The lowest BCUT2D eigenvalue weighted by Crippen LogP contribution is -2.35. The number of aryl methyl sites for hydroxylation is 1. The number of pyridine rings is 1. The first-order valence-electron chi connectivity index (χ1n) is 10.4. The van der Waals surface area contributed by atoms with E-state index in [0.29, 0.717) is 0 Å². The van der Waals surface area contributed by atoms with Gasteiger partial charge in [-0.15, -0.1) is 0 Å². The number of hydrogen-bond acceptors (Lipinski definition) is 3. The zero-order valence-corrected chi connectivity index (χ0v) is 16.5. The third-order valence-corrected chi connectivity index (χ3v) is 6.16. The maximum atomic E-state index is 12.7. The van der Waals surface area contributed by atoms with E-state index in [2.05, 4.69) is 34.3 Å². The molecule has 2 N–H and O–H groups in total. The zero-order chi connectivity index (χ0) is 19.5. The first-order chi connectivity index (χ1) is 13.6. The first kappa shape index (κ1) is 18.9. The summed E-state index contributed by atoms with van der Waals surface area (Å²) in [7, 11) is 0. The Bertz CT molecular complexity index is 897. The SMILES string of the molecule is CC1CCN(Cc2ccc(C(=O)NC3CCCc4ccccc43)c(=O)[nH]2)CC1. The van der Waals surface area contributed by atoms with Crippen molar-refractivity contribution >= 4 is 5.91 Å². The van der Waals surface area contributed by atoms with Crippen molar-refractivity contribution < 1.29 is 4.79 Å². The molecule has 1 atom stereocenters. The largest absolute Gasteiger partial charge is 0.345 e. The van der Waals surface area contributed by atoms with Crippen molar-refractivity contribution in [2.75, 3.05) is 13.1 Å². The predicted octanol–water partition coefficient (Wildman–Crippen LogP) is 3.41. The number of nitrogens with one attached hydrogen (secondary N) is 2. The Morgan fingerprint density at radius 3 is 2.71 bits per heavy atom. The summed E-state index contributed by atoms with van der Waals surface area (Å²) in [5, 5.41) is 3.07. The van der Waals surface area contributed by atoms with E-state index < -0.39 is 0 Å². The van der Waals surface area contributed by atoms with Crippen LogP contribution in [-0.4, -0.2) is 28.9 Å². The highest BCUT2D eigenvalue weighted by molar-refractivity contribution is 5.94. The lowest BCUT2D eigenvalue weighted by molar-refractivity contribution is 0.0931. The van der Waals surface area contributed by atoms with Gasteiger partial charge in [0.05, 0.1) is 6.04 Å². The summed E-state index contributed by atoms with van der Waals surface area (Å²) in [5.74, 6) is 0.493. The lowest BCUT2D eigenvalue weighted by atomic mass is 9.87. The number of amides is 1. The van der Waals surface area contributed by atoms with E-state index in [9.17, 15) is 9.59 Å². The molecule has 28 heavy (non-hydrogen) atoms. The van der Waals surface area contributed by atoms with Gasteiger partial charge in [-0.2, -0.15) is 0 Å². The molecule has 2 heterocycles. The van der Waals surface area contributed by atoms with Gasteiger partial charge in [-0.1, -0.05) is 31.2 Å². The van der Waals surface area contributed by atoms with Crippen molar-refractivity contribution in [3.05, 3.63) is 69.1 Å². The zero-order valence-electron chi connectivity index (χ0n) is 16.5. The molecule has 0 radical (unpaired) electrons. The Morgan fingerprint density at radius 2 is 1.93 bits per heavy atom. The van der Waals surface area contributed by atoms with Crippen LogP contribution in [0.15, 0.2) is 41.2 Å². The highest BCUT2D eigenvalue weighted by Gasteiger charge is 2.23. The molecule has 2 aromatic rings. The second kappa shape index (κ2) is 8.31. The van der Waals surface area contributed by atoms with E-state index >= 15 is 0 Å². The van der Waals surface area contributed by atoms with E-state index in [0.717, 1.165) is 50.5 Å². The Hall–Kier alpha value is -2.40. The maximum Gasteiger partial charge on any atom is 0.261 e. The fourth-order valence-electron chi connectivity index (χ4n) is 4.39. The smallest absolute Gasteiger partial charge is 0.261 e. The molecule has 1 unspecified atom stereocenters. The normalized spacial score (nSPS) is 20.5. The van der Waals surface area contributed by atoms with Gasteiger partial charge < -0.3 is 10.3 Å². The van der Waals surface area contributed by atoms with Crippen LogP contribution in [0.2, 0.25) is 0 Å². The second-order valence-electron chi connectivity index (χ2n) is 8.30. The van der Waals surface area contributed by atoms with Crippen molar-refractivity contribution in [1.29, 1.82) is 0 Å². The number of carbonyl (C=O) groups excluding carboxylic acids is 1. The topological polar surface area (TPSA) is 65.2 Å². The molecule has 0 saturated carbocycles. The molecule has 1 fully saturated rings. The number of likely N-dealkylation sites (tertiary alicyclic amines) is 1. The number of benzene rings is 1. The number of aromatic nitrogens is 1. The van der Waals surface area contributed by atoms with Crippen molar-refractivity contribution in [2.24, 2.45) is 5.92 Å². The van der Waals surface area contributed by atoms with Gasteiger partial charge in [0.15, 0.2) is 0 Å². The van der Waals surface area contributed by atoms with Crippen LogP contribution in [0.25, 0.3) is 0 Å². The minimum Gasteiger partial charge on any atom is -0.345 e. The summed E-state index contributed by atoms with van der Waals surface area (Å²) < 4.78 is 0. The summed E-state index contributed by atoms with van der Waals surface area (Å²) in [6.45, 7) is 5.15. The number of rotatable bonds is 4. The minimum atomic E-state index is -0.301. The standard InChI is InChI=1S/C23H29N3O2/c1-16-11-13-26(14-12-16)15-18-9-10-20(22(27)24-18)23(28)25-21-8-4-6-17-5-2-3-7-19(17)21/h2-3,5,7,9-10,16,21H,4,6,8,11-15H2,1H3,(H,24,27)(H,25,28). The van der Waals surface area contributed by atoms with Crippen molar-refractivity contribution in [3.63, 3.8) is 0 Å². The van der Waals surface area contributed by atoms with Crippen LogP contribution in [0.4, 0.5) is 0 Å². The van der Waals surface area contributed by atoms with Crippen molar-refractivity contribution in [3.8, 4) is 0 Å². The molecule has 1 aromatic carbocycles. The lowest BCUT2D eigenvalue weighted by Gasteiger charge is -2.30. The molecule has 5 heteroatoms. The van der Waals surface area contributed by atoms with Gasteiger partial charge in [-0.3, -0.25) is 14.5 Å². The Kier molecular flexibility index (Phi) is 5.62. The van der Waals surface area contributed by atoms with Crippen LogP contribution >= 0.6 is 0 Å².